The van der Waals surface area contributed by atoms with E-state index in [1.807, 2.05) is 30.3 Å². The number of benzene rings is 2. The maximum atomic E-state index is 11.3. The SMILES string of the molecule is CC1(C)CCC(C)(C)c2cc(COc3ccc([C@@H](CC(=O)O)C4C=CON4)cc3)ccc21. The van der Waals surface area contributed by atoms with Gasteiger partial charge in [-0.3, -0.25) is 4.79 Å². The highest BCUT2D eigenvalue weighted by Gasteiger charge is 2.36. The molecule has 0 fully saturated rings. The van der Waals surface area contributed by atoms with Crippen LogP contribution in [0.1, 0.15) is 75.1 Å². The van der Waals surface area contributed by atoms with Crippen molar-refractivity contribution in [2.24, 2.45) is 0 Å². The van der Waals surface area contributed by atoms with Gasteiger partial charge in [-0.2, -0.15) is 0 Å². The lowest BCUT2D eigenvalue weighted by Crippen LogP contribution is -2.33. The Labute approximate surface area is 190 Å². The third-order valence-electron chi connectivity index (χ3n) is 7.02. The molecule has 1 aliphatic heterocycles. The summed E-state index contributed by atoms with van der Waals surface area (Å²) >= 11 is 0. The molecule has 0 spiro atoms. The Morgan fingerprint density at radius 2 is 1.78 bits per heavy atom. The van der Waals surface area contributed by atoms with E-state index in [2.05, 4.69) is 51.4 Å². The van der Waals surface area contributed by atoms with Crippen molar-refractivity contribution in [1.29, 1.82) is 0 Å². The van der Waals surface area contributed by atoms with Crippen molar-refractivity contribution in [3.8, 4) is 5.75 Å². The molecule has 1 unspecified atom stereocenters. The highest BCUT2D eigenvalue weighted by atomic mass is 16.6. The highest BCUT2D eigenvalue weighted by Crippen LogP contribution is 2.46. The van der Waals surface area contributed by atoms with E-state index >= 15 is 0 Å². The van der Waals surface area contributed by atoms with Crippen molar-refractivity contribution in [3.05, 3.63) is 77.1 Å². The van der Waals surface area contributed by atoms with Crippen molar-refractivity contribution in [1.82, 2.24) is 5.48 Å². The van der Waals surface area contributed by atoms with Crippen LogP contribution >= 0.6 is 0 Å². The van der Waals surface area contributed by atoms with Gasteiger partial charge in [0.15, 0.2) is 0 Å². The van der Waals surface area contributed by atoms with Crippen LogP contribution in [0.4, 0.5) is 0 Å². The Bertz CT molecular complexity index is 1010. The fraction of sp³-hybridized carbons (Fsp3) is 0.444. The molecule has 1 aliphatic carbocycles. The van der Waals surface area contributed by atoms with Crippen molar-refractivity contribution < 1.29 is 19.5 Å². The molecule has 5 heteroatoms. The van der Waals surface area contributed by atoms with Crippen LogP contribution in [0.5, 0.6) is 5.75 Å². The lowest BCUT2D eigenvalue weighted by Gasteiger charge is -2.42. The molecule has 2 aromatic carbocycles. The number of carboxylic acid groups (broad SMARTS) is 1. The number of nitrogens with one attached hydrogen (secondary N) is 1. The maximum absolute atomic E-state index is 11.3. The summed E-state index contributed by atoms with van der Waals surface area (Å²) in [5, 5.41) is 9.31. The van der Waals surface area contributed by atoms with Gasteiger partial charge in [0.2, 0.25) is 0 Å². The highest BCUT2D eigenvalue weighted by molar-refractivity contribution is 5.68. The largest absolute Gasteiger partial charge is 0.489 e. The number of ether oxygens (including phenoxy) is 1. The van der Waals surface area contributed by atoms with Gasteiger partial charge in [0.25, 0.3) is 0 Å². The van der Waals surface area contributed by atoms with E-state index in [9.17, 15) is 9.90 Å². The molecule has 32 heavy (non-hydrogen) atoms. The lowest BCUT2D eigenvalue weighted by molar-refractivity contribution is -0.137. The van der Waals surface area contributed by atoms with Crippen LogP contribution in [0, 0.1) is 0 Å². The number of hydroxylamine groups is 1. The van der Waals surface area contributed by atoms with Gasteiger partial charge in [-0.05, 0) is 64.1 Å². The normalized spacial score (nSPS) is 21.4. The third-order valence-corrected chi connectivity index (χ3v) is 7.02. The number of carboxylic acids is 1. The van der Waals surface area contributed by atoms with Crippen LogP contribution in [-0.4, -0.2) is 17.1 Å². The van der Waals surface area contributed by atoms with Crippen molar-refractivity contribution in [2.45, 2.75) is 76.4 Å². The van der Waals surface area contributed by atoms with E-state index in [-0.39, 0.29) is 29.2 Å². The van der Waals surface area contributed by atoms with Crippen LogP contribution < -0.4 is 10.2 Å². The molecule has 2 atom stereocenters. The first-order chi connectivity index (χ1) is 15.2. The number of rotatable bonds is 7. The molecule has 1 heterocycles. The van der Waals surface area contributed by atoms with Gasteiger partial charge < -0.3 is 14.7 Å². The number of carbonyl (C=O) groups is 1. The Balaban J connectivity index is 1.47. The molecular weight excluding hydrogens is 402 g/mol. The average Bonchev–Trinajstić information content (AvgIpc) is 3.29. The van der Waals surface area contributed by atoms with Gasteiger partial charge in [0.05, 0.1) is 12.5 Å². The summed E-state index contributed by atoms with van der Waals surface area (Å²) in [6, 6.07) is 14.3. The molecule has 2 aliphatic rings. The molecular formula is C27H33NO4. The zero-order valence-corrected chi connectivity index (χ0v) is 19.4. The van der Waals surface area contributed by atoms with Gasteiger partial charge in [-0.25, -0.2) is 0 Å². The molecule has 0 bridgehead atoms. The summed E-state index contributed by atoms with van der Waals surface area (Å²) in [4.78, 5) is 16.4. The molecule has 0 radical (unpaired) electrons. The van der Waals surface area contributed by atoms with Gasteiger partial charge in [-0.1, -0.05) is 58.0 Å². The Morgan fingerprint density at radius 1 is 1.09 bits per heavy atom. The summed E-state index contributed by atoms with van der Waals surface area (Å²) in [5.74, 6) is -0.284. The summed E-state index contributed by atoms with van der Waals surface area (Å²) in [6.07, 6.45) is 5.81. The first kappa shape index (κ1) is 22.4. The molecule has 0 saturated heterocycles. The average molecular weight is 436 g/mol. The molecule has 0 saturated carbocycles. The summed E-state index contributed by atoms with van der Waals surface area (Å²) in [7, 11) is 0. The first-order valence-electron chi connectivity index (χ1n) is 11.3. The molecule has 0 aromatic heterocycles. The molecule has 0 amide bonds. The lowest BCUT2D eigenvalue weighted by atomic mass is 9.63. The fourth-order valence-electron chi connectivity index (χ4n) is 4.84. The number of aliphatic carboxylic acids is 1. The molecule has 170 valence electrons. The zero-order chi connectivity index (χ0) is 22.9. The van der Waals surface area contributed by atoms with E-state index in [0.717, 1.165) is 11.3 Å². The molecule has 2 aromatic rings. The van der Waals surface area contributed by atoms with Gasteiger partial charge in [0, 0.05) is 5.92 Å². The molecule has 5 nitrogen and oxygen atoms in total. The van der Waals surface area contributed by atoms with Crippen molar-refractivity contribution >= 4 is 5.97 Å². The van der Waals surface area contributed by atoms with Crippen LogP contribution in [0.2, 0.25) is 0 Å². The standard InChI is InChI=1S/C27H33NO4/c1-26(2)12-13-27(3,4)23-15-18(5-10-22(23)26)17-31-20-8-6-19(7-9-20)21(16-25(29)30)24-11-14-32-28-24/h5-11,14-15,21,24,28H,12-13,16-17H2,1-4H3,(H,29,30)/t21-,24?/m1/s1. The van der Waals surface area contributed by atoms with Crippen LogP contribution in [-0.2, 0) is 27.1 Å². The summed E-state index contributed by atoms with van der Waals surface area (Å²) in [5.41, 5.74) is 8.22. The van der Waals surface area contributed by atoms with Gasteiger partial charge in [0.1, 0.15) is 18.6 Å². The van der Waals surface area contributed by atoms with E-state index < -0.39 is 5.97 Å². The Hall–Kier alpha value is -2.79. The quantitative estimate of drug-likeness (QED) is 0.593. The second kappa shape index (κ2) is 8.62. The molecule has 4 rings (SSSR count). The second-order valence-corrected chi connectivity index (χ2v) is 10.3. The minimum Gasteiger partial charge on any atom is -0.489 e. The van der Waals surface area contributed by atoms with Crippen molar-refractivity contribution in [3.63, 3.8) is 0 Å². The Kier molecular flexibility index (Phi) is 6.04. The van der Waals surface area contributed by atoms with E-state index in [1.54, 1.807) is 6.26 Å². The van der Waals surface area contributed by atoms with Gasteiger partial charge in [-0.15, -0.1) is 5.48 Å². The van der Waals surface area contributed by atoms with E-state index in [0.29, 0.717) is 6.61 Å². The second-order valence-electron chi connectivity index (χ2n) is 10.3. The van der Waals surface area contributed by atoms with Crippen LogP contribution in [0.3, 0.4) is 0 Å². The fourth-order valence-corrected chi connectivity index (χ4v) is 4.84. The minimum atomic E-state index is -0.837. The first-order valence-corrected chi connectivity index (χ1v) is 11.3. The smallest absolute Gasteiger partial charge is 0.304 e. The van der Waals surface area contributed by atoms with Crippen LogP contribution in [0.25, 0.3) is 0 Å². The predicted molar refractivity (Wildman–Crippen MR) is 125 cm³/mol. The molecule has 2 N–H and O–H groups in total. The Morgan fingerprint density at radius 3 is 2.41 bits per heavy atom. The minimum absolute atomic E-state index is 0.0207. The van der Waals surface area contributed by atoms with Crippen LogP contribution in [0.15, 0.2) is 54.8 Å². The topological polar surface area (TPSA) is 67.8 Å². The maximum Gasteiger partial charge on any atom is 0.304 e. The number of fused-ring (bicyclic) bond motifs is 1. The predicted octanol–water partition coefficient (Wildman–Crippen LogP) is 5.59. The summed E-state index contributed by atoms with van der Waals surface area (Å²) < 4.78 is 6.07. The zero-order valence-electron chi connectivity index (χ0n) is 19.4. The van der Waals surface area contributed by atoms with Gasteiger partial charge >= 0.3 is 5.97 Å². The van der Waals surface area contributed by atoms with Crippen molar-refractivity contribution in [2.75, 3.05) is 0 Å². The van der Waals surface area contributed by atoms with E-state index in [1.165, 1.54) is 29.5 Å². The summed E-state index contributed by atoms with van der Waals surface area (Å²) in [6.45, 7) is 9.83. The number of hydrogen-bond acceptors (Lipinski definition) is 4. The van der Waals surface area contributed by atoms with E-state index in [4.69, 9.17) is 9.57 Å². The third kappa shape index (κ3) is 4.68. The monoisotopic (exact) mass is 435 g/mol. The number of hydrogen-bond donors (Lipinski definition) is 2.